The average Bonchev–Trinajstić information content (AvgIpc) is 3.56. The number of halogens is 2. The van der Waals surface area contributed by atoms with Gasteiger partial charge in [0.15, 0.2) is 12.2 Å². The van der Waals surface area contributed by atoms with E-state index < -0.39 is 0 Å². The quantitative estimate of drug-likeness (QED) is 0.216. The van der Waals surface area contributed by atoms with Crippen LogP contribution in [0, 0.1) is 34.5 Å². The Hall–Kier alpha value is 0.320. The van der Waals surface area contributed by atoms with Gasteiger partial charge in [0.2, 0.25) is 0 Å². The molecule has 2 saturated heterocycles. The van der Waals surface area contributed by atoms with Gasteiger partial charge >= 0.3 is 11.9 Å². The second-order valence-corrected chi connectivity index (χ2v) is 16.0. The number of likely N-dealkylation sites (N-methyl/N-ethyl adjacent to an activating group) is 2. The molecule has 4 aliphatic carbocycles. The van der Waals surface area contributed by atoms with Crippen LogP contribution in [-0.2, 0) is 19.1 Å². The van der Waals surface area contributed by atoms with E-state index in [-0.39, 0.29) is 77.5 Å². The van der Waals surface area contributed by atoms with Gasteiger partial charge in [-0.2, -0.15) is 0 Å². The third-order valence-electron chi connectivity index (χ3n) is 13.9. The molecule has 0 aromatic carbocycles. The van der Waals surface area contributed by atoms with Crippen LogP contribution in [0.5, 0.6) is 0 Å². The van der Waals surface area contributed by atoms with Crippen LogP contribution in [0.4, 0.5) is 0 Å². The smallest absolute Gasteiger partial charge is 0.303 e. The molecule has 10 atom stereocenters. The Bertz CT molecular complexity index is 982. The van der Waals surface area contributed by atoms with Crippen LogP contribution in [0.25, 0.3) is 0 Å². The molecule has 0 bridgehead atoms. The minimum absolute atomic E-state index is 0. The number of likely N-dealkylation sites (tertiary alicyclic amines) is 2. The van der Waals surface area contributed by atoms with Crippen molar-refractivity contribution < 1.29 is 76.0 Å². The molecule has 0 aromatic rings. The molecule has 4 saturated carbocycles. The number of fused-ring (bicyclic) bond motifs is 5. The molecule has 6 nitrogen and oxygen atoms in total. The maximum Gasteiger partial charge on any atom is 0.303 e. The van der Waals surface area contributed by atoms with Gasteiger partial charge in [-0.05, 0) is 67.6 Å². The first-order valence-corrected chi connectivity index (χ1v) is 16.4. The molecule has 0 radical (unpaired) electrons. The molecular formula is C33H56I2N2O4. The van der Waals surface area contributed by atoms with E-state index in [1.165, 1.54) is 84.0 Å². The molecule has 2 aliphatic heterocycles. The van der Waals surface area contributed by atoms with Gasteiger partial charge in [0.25, 0.3) is 0 Å². The summed E-state index contributed by atoms with van der Waals surface area (Å²) in [6.07, 6.45) is 13.7. The van der Waals surface area contributed by atoms with Crippen molar-refractivity contribution in [2.75, 3.05) is 40.3 Å². The minimum atomic E-state index is -0.103. The first-order chi connectivity index (χ1) is 18.4. The van der Waals surface area contributed by atoms with Crippen LogP contribution < -0.4 is 48.0 Å². The van der Waals surface area contributed by atoms with E-state index >= 15 is 0 Å². The number of quaternary nitrogens is 2. The number of rotatable bonds is 4. The maximum absolute atomic E-state index is 12.3. The van der Waals surface area contributed by atoms with Crippen LogP contribution in [0.15, 0.2) is 0 Å². The van der Waals surface area contributed by atoms with Crippen molar-refractivity contribution in [3.05, 3.63) is 0 Å². The first-order valence-electron chi connectivity index (χ1n) is 16.4. The number of ether oxygens (including phenoxy) is 2. The van der Waals surface area contributed by atoms with Crippen molar-refractivity contribution in [2.24, 2.45) is 34.5 Å². The summed E-state index contributed by atoms with van der Waals surface area (Å²) in [6, 6.07) is 0.853. The molecule has 6 rings (SSSR count). The largest absolute Gasteiger partial charge is 1.00 e. The Kier molecular flexibility index (Phi) is 10.2. The summed E-state index contributed by atoms with van der Waals surface area (Å²) < 4.78 is 14.5. The van der Waals surface area contributed by atoms with Crippen LogP contribution in [0.3, 0.4) is 0 Å². The van der Waals surface area contributed by atoms with E-state index in [0.717, 1.165) is 33.6 Å². The molecule has 0 N–H and O–H groups in total. The highest BCUT2D eigenvalue weighted by Crippen LogP contribution is 2.68. The molecule has 0 spiro atoms. The molecular weight excluding hydrogens is 742 g/mol. The molecule has 6 aliphatic rings. The second kappa shape index (κ2) is 12.3. The summed E-state index contributed by atoms with van der Waals surface area (Å²) in [4.78, 5) is 24.5. The Balaban J connectivity index is 0.00000194. The first kappa shape index (κ1) is 34.2. The fourth-order valence-corrected chi connectivity index (χ4v) is 12.3. The lowest BCUT2D eigenvalue weighted by atomic mass is 9.44. The zero-order chi connectivity index (χ0) is 27.8. The lowest BCUT2D eigenvalue weighted by Gasteiger charge is -2.63. The molecule has 0 amide bonds. The number of esters is 2. The highest BCUT2D eigenvalue weighted by molar-refractivity contribution is 5.66. The minimum Gasteiger partial charge on any atom is -1.00 e. The van der Waals surface area contributed by atoms with Crippen LogP contribution in [-0.4, -0.2) is 85.5 Å². The van der Waals surface area contributed by atoms with E-state index in [1.54, 1.807) is 13.8 Å². The van der Waals surface area contributed by atoms with Gasteiger partial charge in [0.1, 0.15) is 12.1 Å². The van der Waals surface area contributed by atoms with Crippen molar-refractivity contribution in [3.8, 4) is 0 Å². The summed E-state index contributed by atoms with van der Waals surface area (Å²) in [6.45, 7) is 13.4. The lowest BCUT2D eigenvalue weighted by molar-refractivity contribution is -0.931. The molecule has 2 heterocycles. The molecule has 41 heavy (non-hydrogen) atoms. The van der Waals surface area contributed by atoms with Crippen LogP contribution >= 0.6 is 0 Å². The SMILES string of the molecule is CC(=O)O[C@H]1C[C@@H]2CC[C@@H]3[C@H](CC[C@@]4(C)[C@H]3C[C@H](OC(C)=O)[C@@H]4[N+]3(C)CCCC3)[C@@]2(C)C[C@@H]1[N+]1(C)CCCC1.[I-].[I-]. The summed E-state index contributed by atoms with van der Waals surface area (Å²) in [5, 5.41) is 0. The Morgan fingerprint density at radius 3 is 1.85 bits per heavy atom. The number of nitrogens with zero attached hydrogens (tertiary/aromatic N) is 2. The summed E-state index contributed by atoms with van der Waals surface area (Å²) in [7, 11) is 4.91. The molecule has 236 valence electrons. The molecule has 8 heteroatoms. The molecule has 0 aromatic heterocycles. The molecule has 6 fully saturated rings. The third kappa shape index (κ3) is 5.66. The highest BCUT2D eigenvalue weighted by Gasteiger charge is 2.68. The van der Waals surface area contributed by atoms with Crippen LogP contribution in [0.2, 0.25) is 0 Å². The topological polar surface area (TPSA) is 52.6 Å². The number of hydrogen-bond acceptors (Lipinski definition) is 4. The second-order valence-electron chi connectivity index (χ2n) is 16.0. The van der Waals surface area contributed by atoms with E-state index in [1.807, 2.05) is 0 Å². The van der Waals surface area contributed by atoms with E-state index in [0.29, 0.717) is 29.3 Å². The van der Waals surface area contributed by atoms with E-state index in [9.17, 15) is 9.59 Å². The number of carbonyl (C=O) groups excluding carboxylic acids is 2. The normalized spacial score (nSPS) is 45.7. The Labute approximate surface area is 283 Å². The highest BCUT2D eigenvalue weighted by atomic mass is 127. The van der Waals surface area contributed by atoms with Gasteiger partial charge in [-0.25, -0.2) is 0 Å². The van der Waals surface area contributed by atoms with Gasteiger partial charge in [-0.3, -0.25) is 9.59 Å². The number of hydrogen-bond donors (Lipinski definition) is 0. The van der Waals surface area contributed by atoms with E-state index in [2.05, 4.69) is 27.9 Å². The lowest BCUT2D eigenvalue weighted by Crippen LogP contribution is -3.00. The monoisotopic (exact) mass is 798 g/mol. The van der Waals surface area contributed by atoms with Crippen molar-refractivity contribution in [1.82, 2.24) is 0 Å². The van der Waals surface area contributed by atoms with Gasteiger partial charge < -0.3 is 66.4 Å². The third-order valence-corrected chi connectivity index (χ3v) is 13.9. The summed E-state index contributed by atoms with van der Waals surface area (Å²) in [5.74, 6) is 2.53. The Morgan fingerprint density at radius 2 is 1.27 bits per heavy atom. The summed E-state index contributed by atoms with van der Waals surface area (Å²) >= 11 is 0. The predicted molar refractivity (Wildman–Crippen MR) is 151 cm³/mol. The average molecular weight is 799 g/mol. The van der Waals surface area contributed by atoms with Crippen molar-refractivity contribution >= 4 is 11.9 Å². The van der Waals surface area contributed by atoms with Crippen molar-refractivity contribution in [3.63, 3.8) is 0 Å². The summed E-state index contributed by atoms with van der Waals surface area (Å²) in [5.41, 5.74) is 0.544. The molecule has 0 unspecified atom stereocenters. The number of carbonyl (C=O) groups is 2. The van der Waals surface area contributed by atoms with Gasteiger partial charge in [0.05, 0.1) is 40.3 Å². The zero-order valence-corrected chi connectivity index (χ0v) is 30.8. The fourth-order valence-electron chi connectivity index (χ4n) is 12.3. The predicted octanol–water partition coefficient (Wildman–Crippen LogP) is -0.662. The van der Waals surface area contributed by atoms with E-state index in [4.69, 9.17) is 9.47 Å². The van der Waals surface area contributed by atoms with Gasteiger partial charge in [-0.15, -0.1) is 0 Å². The van der Waals surface area contributed by atoms with Crippen LogP contribution in [0.1, 0.15) is 98.3 Å². The standard InChI is InChI=1S/C33H56N2O4.2HI/c1-22(36)38-29-19-24-11-12-25-26(33(24,4)21-28(29)34(5)15-7-8-16-34)13-14-32(3)27(25)20-30(39-23(2)37)31(32)35(6)17-9-10-18-35;;/h24-31H,7-21H2,1-6H3;2*1H/q+2;;/p-2/t24-,25+,26-,27-,28-,29-,30-,31-,32-,33-;;/m0../s1. The zero-order valence-electron chi connectivity index (χ0n) is 26.5. The van der Waals surface area contributed by atoms with Crippen molar-refractivity contribution in [2.45, 2.75) is 123 Å². The van der Waals surface area contributed by atoms with Gasteiger partial charge in [-0.1, -0.05) is 13.8 Å². The van der Waals surface area contributed by atoms with Crippen molar-refractivity contribution in [1.29, 1.82) is 0 Å². The maximum atomic E-state index is 12.3. The fraction of sp³-hybridized carbons (Fsp3) is 0.939. The van der Waals surface area contributed by atoms with Gasteiger partial charge in [0, 0.05) is 51.4 Å². The Morgan fingerprint density at radius 1 is 0.707 bits per heavy atom.